The molecule has 3 N–H and O–H groups in total. The molecular weight excluding hydrogens is 298 g/mol. The Kier molecular flexibility index (Phi) is 4.88. The highest BCUT2D eigenvalue weighted by molar-refractivity contribution is 7.91. The van der Waals surface area contributed by atoms with E-state index in [1.54, 1.807) is 6.07 Å². The number of nitrogens with zero attached hydrogens (tertiary/aromatic N) is 1. The van der Waals surface area contributed by atoms with Crippen LogP contribution in [0.15, 0.2) is 12.3 Å². The summed E-state index contributed by atoms with van der Waals surface area (Å²) in [5.74, 6) is 0.873. The first-order valence-corrected chi connectivity index (χ1v) is 8.97. The van der Waals surface area contributed by atoms with E-state index in [1.807, 2.05) is 0 Å². The summed E-state index contributed by atoms with van der Waals surface area (Å²) in [6.07, 6.45) is 3.11. The SMILES string of the molecule is CCCNC(c1cc(Cl)cnc1N)C1CCS(=O)(=O)C1. The van der Waals surface area contributed by atoms with Gasteiger partial charge in [0.25, 0.3) is 0 Å². The summed E-state index contributed by atoms with van der Waals surface area (Å²) >= 11 is 5.99. The van der Waals surface area contributed by atoms with Crippen LogP contribution in [0.2, 0.25) is 5.02 Å². The number of hydrogen-bond acceptors (Lipinski definition) is 5. The van der Waals surface area contributed by atoms with E-state index >= 15 is 0 Å². The molecule has 112 valence electrons. The van der Waals surface area contributed by atoms with Crippen molar-refractivity contribution in [2.45, 2.75) is 25.8 Å². The van der Waals surface area contributed by atoms with Gasteiger partial charge in [-0.1, -0.05) is 18.5 Å². The van der Waals surface area contributed by atoms with E-state index in [0.29, 0.717) is 17.3 Å². The second kappa shape index (κ2) is 6.28. The van der Waals surface area contributed by atoms with Crippen molar-refractivity contribution in [1.29, 1.82) is 0 Å². The summed E-state index contributed by atoms with van der Waals surface area (Å²) < 4.78 is 23.4. The van der Waals surface area contributed by atoms with Gasteiger partial charge in [0, 0.05) is 17.8 Å². The van der Waals surface area contributed by atoms with Gasteiger partial charge in [-0.25, -0.2) is 13.4 Å². The Morgan fingerprint density at radius 3 is 2.95 bits per heavy atom. The lowest BCUT2D eigenvalue weighted by Gasteiger charge is -2.25. The fourth-order valence-corrected chi connectivity index (χ4v) is 4.64. The van der Waals surface area contributed by atoms with E-state index in [0.717, 1.165) is 18.5 Å². The molecule has 1 aromatic heterocycles. The average Bonchev–Trinajstić information content (AvgIpc) is 2.74. The summed E-state index contributed by atoms with van der Waals surface area (Å²) in [5.41, 5.74) is 6.74. The van der Waals surface area contributed by atoms with Crippen molar-refractivity contribution >= 4 is 27.3 Å². The zero-order chi connectivity index (χ0) is 14.8. The van der Waals surface area contributed by atoms with Gasteiger partial charge in [0.2, 0.25) is 0 Å². The van der Waals surface area contributed by atoms with Crippen molar-refractivity contribution in [1.82, 2.24) is 10.3 Å². The van der Waals surface area contributed by atoms with Crippen LogP contribution in [0.25, 0.3) is 0 Å². The molecule has 2 atom stereocenters. The molecular formula is C13H20ClN3O2S. The molecule has 0 spiro atoms. The number of anilines is 1. The molecule has 1 aliphatic heterocycles. The number of halogens is 1. The van der Waals surface area contributed by atoms with Crippen LogP contribution in [0.1, 0.15) is 31.4 Å². The van der Waals surface area contributed by atoms with Crippen LogP contribution in [-0.2, 0) is 9.84 Å². The molecule has 7 heteroatoms. The van der Waals surface area contributed by atoms with Gasteiger partial charge in [-0.05, 0) is 31.4 Å². The summed E-state index contributed by atoms with van der Waals surface area (Å²) in [6, 6.07) is 1.67. The minimum atomic E-state index is -2.93. The Hall–Kier alpha value is -0.850. The van der Waals surface area contributed by atoms with Gasteiger partial charge in [0.1, 0.15) is 5.82 Å². The molecule has 2 rings (SSSR count). The first-order valence-electron chi connectivity index (χ1n) is 6.77. The van der Waals surface area contributed by atoms with Crippen LogP contribution in [-0.4, -0.2) is 31.5 Å². The first kappa shape index (κ1) is 15.5. The maximum Gasteiger partial charge on any atom is 0.150 e. The van der Waals surface area contributed by atoms with Crippen LogP contribution < -0.4 is 11.1 Å². The van der Waals surface area contributed by atoms with Gasteiger partial charge in [0.15, 0.2) is 9.84 Å². The maximum absolute atomic E-state index is 11.7. The molecule has 1 aromatic rings. The van der Waals surface area contributed by atoms with Gasteiger partial charge in [-0.15, -0.1) is 0 Å². The normalized spacial score (nSPS) is 22.8. The van der Waals surface area contributed by atoms with Crippen molar-refractivity contribution < 1.29 is 8.42 Å². The number of nitrogens with one attached hydrogen (secondary N) is 1. The third-order valence-corrected chi connectivity index (χ3v) is 5.60. The minimum absolute atomic E-state index is 0.0223. The predicted octanol–water partition coefficient (Wildman–Crippen LogP) is 1.79. The Morgan fingerprint density at radius 2 is 2.35 bits per heavy atom. The van der Waals surface area contributed by atoms with Crippen molar-refractivity contribution in [3.8, 4) is 0 Å². The molecule has 1 fully saturated rings. The van der Waals surface area contributed by atoms with Crippen molar-refractivity contribution in [2.24, 2.45) is 5.92 Å². The number of hydrogen-bond donors (Lipinski definition) is 2. The predicted molar refractivity (Wildman–Crippen MR) is 81.5 cm³/mol. The number of pyridine rings is 1. The van der Waals surface area contributed by atoms with E-state index in [9.17, 15) is 8.42 Å². The van der Waals surface area contributed by atoms with Crippen LogP contribution in [0.4, 0.5) is 5.82 Å². The lowest BCUT2D eigenvalue weighted by Crippen LogP contribution is -2.30. The first-order chi connectivity index (χ1) is 9.43. The standard InChI is InChI=1S/C13H20ClN3O2S/c1-2-4-16-12(9-3-5-20(18,19)8-9)11-6-10(14)7-17-13(11)15/h6-7,9,12,16H,2-5,8H2,1H3,(H2,15,17). The number of nitrogens with two attached hydrogens (primary N) is 1. The molecule has 5 nitrogen and oxygen atoms in total. The Bertz CT molecular complexity index is 577. The Labute approximate surface area is 124 Å². The third-order valence-electron chi connectivity index (χ3n) is 3.60. The minimum Gasteiger partial charge on any atom is -0.383 e. The van der Waals surface area contributed by atoms with Crippen LogP contribution in [0, 0.1) is 5.92 Å². The van der Waals surface area contributed by atoms with Crippen LogP contribution >= 0.6 is 11.6 Å². The zero-order valence-electron chi connectivity index (χ0n) is 11.5. The smallest absolute Gasteiger partial charge is 0.150 e. The molecule has 1 aliphatic rings. The number of sulfone groups is 1. The molecule has 0 radical (unpaired) electrons. The molecule has 0 amide bonds. The van der Waals surface area contributed by atoms with Gasteiger partial charge in [-0.3, -0.25) is 0 Å². The van der Waals surface area contributed by atoms with Gasteiger partial charge >= 0.3 is 0 Å². The lowest BCUT2D eigenvalue weighted by molar-refractivity contribution is 0.393. The monoisotopic (exact) mass is 317 g/mol. The molecule has 0 bridgehead atoms. The van der Waals surface area contributed by atoms with Crippen molar-refractivity contribution in [2.75, 3.05) is 23.8 Å². The van der Waals surface area contributed by atoms with Crippen molar-refractivity contribution in [3.05, 3.63) is 22.8 Å². The third kappa shape index (κ3) is 3.62. The summed E-state index contributed by atoms with van der Waals surface area (Å²) in [6.45, 7) is 2.86. The summed E-state index contributed by atoms with van der Waals surface area (Å²) in [7, 11) is -2.93. The highest BCUT2D eigenvalue weighted by atomic mass is 35.5. The molecule has 2 unspecified atom stereocenters. The Morgan fingerprint density at radius 1 is 1.60 bits per heavy atom. The van der Waals surface area contributed by atoms with Gasteiger partial charge < -0.3 is 11.1 Å². The molecule has 0 aliphatic carbocycles. The molecule has 20 heavy (non-hydrogen) atoms. The number of nitrogen functional groups attached to an aromatic ring is 1. The molecule has 0 aromatic carbocycles. The lowest BCUT2D eigenvalue weighted by atomic mass is 9.92. The maximum atomic E-state index is 11.7. The van der Waals surface area contributed by atoms with Crippen LogP contribution in [0.5, 0.6) is 0 Å². The summed E-state index contributed by atoms with van der Waals surface area (Å²) in [5, 5.41) is 3.90. The van der Waals surface area contributed by atoms with E-state index in [4.69, 9.17) is 17.3 Å². The van der Waals surface area contributed by atoms with Crippen molar-refractivity contribution in [3.63, 3.8) is 0 Å². The van der Waals surface area contributed by atoms with E-state index in [-0.39, 0.29) is 23.5 Å². The van der Waals surface area contributed by atoms with Crippen LogP contribution in [0.3, 0.4) is 0 Å². The highest BCUT2D eigenvalue weighted by Gasteiger charge is 2.35. The van der Waals surface area contributed by atoms with E-state index in [2.05, 4.69) is 17.2 Å². The zero-order valence-corrected chi connectivity index (χ0v) is 13.0. The van der Waals surface area contributed by atoms with Gasteiger partial charge in [-0.2, -0.15) is 0 Å². The fraction of sp³-hybridized carbons (Fsp3) is 0.615. The fourth-order valence-electron chi connectivity index (χ4n) is 2.63. The largest absolute Gasteiger partial charge is 0.383 e. The summed E-state index contributed by atoms with van der Waals surface area (Å²) in [4.78, 5) is 4.07. The Balaban J connectivity index is 2.30. The number of aromatic nitrogens is 1. The quantitative estimate of drug-likeness (QED) is 0.865. The molecule has 0 saturated carbocycles. The van der Waals surface area contributed by atoms with Gasteiger partial charge in [0.05, 0.1) is 16.5 Å². The second-order valence-corrected chi connectivity index (χ2v) is 7.89. The van der Waals surface area contributed by atoms with E-state index < -0.39 is 9.84 Å². The molecule has 2 heterocycles. The second-order valence-electron chi connectivity index (χ2n) is 5.22. The topological polar surface area (TPSA) is 85.1 Å². The van der Waals surface area contributed by atoms with E-state index in [1.165, 1.54) is 6.20 Å². The number of rotatable bonds is 5. The highest BCUT2D eigenvalue weighted by Crippen LogP contribution is 2.34. The molecule has 1 saturated heterocycles. The average molecular weight is 318 g/mol.